The van der Waals surface area contributed by atoms with Crippen LogP contribution in [0.5, 0.6) is 0 Å². The van der Waals surface area contributed by atoms with Crippen molar-refractivity contribution in [3.05, 3.63) is 23.5 Å². The fourth-order valence-electron chi connectivity index (χ4n) is 3.07. The van der Waals surface area contributed by atoms with Gasteiger partial charge in [-0.05, 0) is 30.7 Å². The lowest BCUT2D eigenvalue weighted by Crippen LogP contribution is -2.39. The molecule has 1 heterocycles. The van der Waals surface area contributed by atoms with Gasteiger partial charge in [-0.3, -0.25) is 4.79 Å². The Balaban J connectivity index is 2.00. The first kappa shape index (κ1) is 14.6. The van der Waals surface area contributed by atoms with E-state index in [9.17, 15) is 4.79 Å². The van der Waals surface area contributed by atoms with Crippen molar-refractivity contribution in [3.63, 3.8) is 0 Å². The zero-order chi connectivity index (χ0) is 14.7. The molecule has 108 valence electrons. The van der Waals surface area contributed by atoms with Gasteiger partial charge in [-0.1, -0.05) is 26.7 Å². The third-order valence-electron chi connectivity index (χ3n) is 4.36. The molecule has 2 rings (SSSR count). The second-order valence-electron chi connectivity index (χ2n) is 6.18. The minimum atomic E-state index is -0.0663. The van der Waals surface area contributed by atoms with Gasteiger partial charge in [0.15, 0.2) is 0 Å². The van der Waals surface area contributed by atoms with Crippen LogP contribution in [-0.2, 0) is 7.05 Å². The van der Waals surface area contributed by atoms with Crippen molar-refractivity contribution in [1.82, 2.24) is 9.88 Å². The average molecular weight is 273 g/mol. The largest absolute Gasteiger partial charge is 0.348 e. The van der Waals surface area contributed by atoms with Crippen molar-refractivity contribution in [2.75, 3.05) is 0 Å². The lowest BCUT2D eigenvalue weighted by molar-refractivity contribution is 0.0905. The van der Waals surface area contributed by atoms with Crippen molar-refractivity contribution >= 4 is 5.91 Å². The molecule has 0 spiro atoms. The van der Waals surface area contributed by atoms with Gasteiger partial charge in [0.05, 0.1) is 5.56 Å². The van der Waals surface area contributed by atoms with Gasteiger partial charge in [-0.25, -0.2) is 0 Å². The van der Waals surface area contributed by atoms with Gasteiger partial charge >= 0.3 is 0 Å². The topological polar surface area (TPSA) is 57.8 Å². The van der Waals surface area contributed by atoms with Gasteiger partial charge in [-0.15, -0.1) is 0 Å². The molecule has 20 heavy (non-hydrogen) atoms. The van der Waals surface area contributed by atoms with Crippen LogP contribution in [-0.4, -0.2) is 16.5 Å². The van der Waals surface area contributed by atoms with E-state index >= 15 is 0 Å². The van der Waals surface area contributed by atoms with Gasteiger partial charge in [0.25, 0.3) is 5.91 Å². The molecule has 0 bridgehead atoms. The number of carbonyl (C=O) groups is 1. The summed E-state index contributed by atoms with van der Waals surface area (Å²) in [4.78, 5) is 12.3. The van der Waals surface area contributed by atoms with Crippen LogP contribution in [0.2, 0.25) is 0 Å². The van der Waals surface area contributed by atoms with Crippen LogP contribution in [0, 0.1) is 23.2 Å². The molecule has 4 nitrogen and oxygen atoms in total. The van der Waals surface area contributed by atoms with Crippen LogP contribution < -0.4 is 5.32 Å². The van der Waals surface area contributed by atoms with Gasteiger partial charge in [-0.2, -0.15) is 5.26 Å². The zero-order valence-corrected chi connectivity index (χ0v) is 12.5. The maximum absolute atomic E-state index is 12.3. The maximum Gasteiger partial charge on any atom is 0.268 e. The summed E-state index contributed by atoms with van der Waals surface area (Å²) >= 11 is 0. The maximum atomic E-state index is 12.3. The molecule has 0 saturated heterocycles. The molecule has 1 amide bonds. The van der Waals surface area contributed by atoms with Crippen molar-refractivity contribution < 1.29 is 4.79 Å². The predicted octanol–water partition coefficient (Wildman–Crippen LogP) is 2.84. The molecular weight excluding hydrogens is 250 g/mol. The Morgan fingerprint density at radius 3 is 2.85 bits per heavy atom. The van der Waals surface area contributed by atoms with E-state index < -0.39 is 0 Å². The van der Waals surface area contributed by atoms with Crippen LogP contribution in [0.15, 0.2) is 12.3 Å². The summed E-state index contributed by atoms with van der Waals surface area (Å²) in [6.45, 7) is 4.51. The Hall–Kier alpha value is -1.76. The zero-order valence-electron chi connectivity index (χ0n) is 12.5. The number of carbonyl (C=O) groups excluding carboxylic acids is 1. The highest BCUT2D eigenvalue weighted by Crippen LogP contribution is 2.30. The quantitative estimate of drug-likeness (QED) is 0.920. The van der Waals surface area contributed by atoms with Gasteiger partial charge in [0, 0.05) is 19.3 Å². The number of hydrogen-bond donors (Lipinski definition) is 1. The molecule has 2 atom stereocenters. The van der Waals surface area contributed by atoms with Crippen LogP contribution in [0.1, 0.15) is 55.6 Å². The second kappa shape index (κ2) is 6.13. The van der Waals surface area contributed by atoms with Crippen molar-refractivity contribution in [1.29, 1.82) is 5.26 Å². The van der Waals surface area contributed by atoms with Crippen LogP contribution >= 0.6 is 0 Å². The predicted molar refractivity (Wildman–Crippen MR) is 78.2 cm³/mol. The van der Waals surface area contributed by atoms with Crippen molar-refractivity contribution in [2.24, 2.45) is 18.9 Å². The summed E-state index contributed by atoms with van der Waals surface area (Å²) in [7, 11) is 1.80. The summed E-state index contributed by atoms with van der Waals surface area (Å²) in [5.41, 5.74) is 1.09. The van der Waals surface area contributed by atoms with Gasteiger partial charge in [0.2, 0.25) is 0 Å². The summed E-state index contributed by atoms with van der Waals surface area (Å²) in [5.74, 6) is 1.32. The molecule has 0 radical (unpaired) electrons. The Morgan fingerprint density at radius 1 is 1.50 bits per heavy atom. The number of aromatic nitrogens is 1. The molecule has 1 aromatic rings. The lowest BCUT2D eigenvalue weighted by atomic mass is 9.79. The summed E-state index contributed by atoms with van der Waals surface area (Å²) in [6, 6.07) is 3.99. The molecular formula is C16H23N3O. The summed E-state index contributed by atoms with van der Waals surface area (Å²) < 4.78 is 1.72. The summed E-state index contributed by atoms with van der Waals surface area (Å²) in [6.07, 6.45) is 6.27. The van der Waals surface area contributed by atoms with Crippen molar-refractivity contribution in [2.45, 2.75) is 45.6 Å². The first-order valence-electron chi connectivity index (χ1n) is 7.38. The monoisotopic (exact) mass is 273 g/mol. The number of hydrogen-bond acceptors (Lipinski definition) is 2. The first-order chi connectivity index (χ1) is 9.51. The molecule has 1 saturated carbocycles. The summed E-state index contributed by atoms with van der Waals surface area (Å²) in [5, 5.41) is 12.0. The van der Waals surface area contributed by atoms with E-state index in [1.54, 1.807) is 23.9 Å². The van der Waals surface area contributed by atoms with E-state index in [0.717, 1.165) is 12.8 Å². The van der Waals surface area contributed by atoms with E-state index in [-0.39, 0.29) is 11.9 Å². The number of amides is 1. The molecule has 4 heteroatoms. The molecule has 1 fully saturated rings. The highest BCUT2D eigenvalue weighted by Gasteiger charge is 2.26. The lowest BCUT2D eigenvalue weighted by Gasteiger charge is -2.32. The fraction of sp³-hybridized carbons (Fsp3) is 0.625. The second-order valence-corrected chi connectivity index (χ2v) is 6.18. The number of nitriles is 1. The molecule has 0 aromatic carbocycles. The first-order valence-corrected chi connectivity index (χ1v) is 7.38. The number of nitrogens with zero attached hydrogens (tertiary/aromatic N) is 2. The average Bonchev–Trinajstić information content (AvgIpc) is 2.80. The minimum Gasteiger partial charge on any atom is -0.348 e. The van der Waals surface area contributed by atoms with Crippen LogP contribution in [0.3, 0.4) is 0 Å². The van der Waals surface area contributed by atoms with E-state index in [1.807, 2.05) is 0 Å². The Morgan fingerprint density at radius 2 is 2.25 bits per heavy atom. The van der Waals surface area contributed by atoms with Crippen LogP contribution in [0.4, 0.5) is 0 Å². The van der Waals surface area contributed by atoms with Gasteiger partial charge < -0.3 is 9.88 Å². The highest BCUT2D eigenvalue weighted by atomic mass is 16.2. The van der Waals surface area contributed by atoms with E-state index in [2.05, 4.69) is 25.2 Å². The number of nitrogens with one attached hydrogen (secondary N) is 1. The third kappa shape index (κ3) is 3.22. The number of rotatable bonds is 3. The smallest absolute Gasteiger partial charge is 0.268 e. The Kier molecular flexibility index (Phi) is 4.49. The Bertz CT molecular complexity index is 524. The molecule has 1 aliphatic rings. The SMILES string of the molecule is CC(C)C1CCCC(NC(=O)c2cc(C#N)cn2C)C1. The van der Waals surface area contributed by atoms with Gasteiger partial charge in [0.1, 0.15) is 11.8 Å². The normalized spacial score (nSPS) is 22.6. The highest BCUT2D eigenvalue weighted by molar-refractivity contribution is 5.93. The Labute approximate surface area is 120 Å². The fourth-order valence-corrected chi connectivity index (χ4v) is 3.07. The van der Waals surface area contributed by atoms with E-state index in [0.29, 0.717) is 23.1 Å². The van der Waals surface area contributed by atoms with E-state index in [1.165, 1.54) is 12.8 Å². The third-order valence-corrected chi connectivity index (χ3v) is 4.36. The van der Waals surface area contributed by atoms with E-state index in [4.69, 9.17) is 5.26 Å². The molecule has 1 aliphatic carbocycles. The van der Waals surface area contributed by atoms with Crippen LogP contribution in [0.25, 0.3) is 0 Å². The standard InChI is InChI=1S/C16H23N3O/c1-11(2)13-5-4-6-14(8-13)18-16(20)15-7-12(9-17)10-19(15)3/h7,10-11,13-14H,4-6,8H2,1-3H3,(H,18,20). The molecule has 2 unspecified atom stereocenters. The molecule has 1 aromatic heterocycles. The molecule has 1 N–H and O–H groups in total. The minimum absolute atomic E-state index is 0.0663. The van der Waals surface area contributed by atoms with Crippen molar-refractivity contribution in [3.8, 4) is 6.07 Å². The number of aryl methyl sites for hydroxylation is 1. The molecule has 0 aliphatic heterocycles.